The Balaban J connectivity index is 3.19. The molecular formula is C13H10F2N2O4. The number of anilines is 1. The number of carbonyl (C=O) groups excluding carboxylic acids is 2. The van der Waals surface area contributed by atoms with Crippen LogP contribution in [0.25, 0.3) is 0 Å². The number of carbonyl (C=O) groups is 2. The summed E-state index contributed by atoms with van der Waals surface area (Å²) in [5.41, 5.74) is -1.38. The topological polar surface area (TPSA) is 88.4 Å². The van der Waals surface area contributed by atoms with Crippen LogP contribution in [0.2, 0.25) is 0 Å². The summed E-state index contributed by atoms with van der Waals surface area (Å²) in [6.07, 6.45) is 0.724. The number of nitrogens with one attached hydrogen (secondary N) is 1. The number of halogens is 2. The highest BCUT2D eigenvalue weighted by Crippen LogP contribution is 2.20. The Hall–Kier alpha value is -2.95. The van der Waals surface area contributed by atoms with Gasteiger partial charge < -0.3 is 14.8 Å². The maximum Gasteiger partial charge on any atom is 0.354 e. The minimum absolute atomic E-state index is 0.438. The second-order valence-electron chi connectivity index (χ2n) is 3.62. The first-order chi connectivity index (χ1) is 9.92. The molecule has 0 radical (unpaired) electrons. The molecule has 1 N–H and O–H groups in total. The van der Waals surface area contributed by atoms with Crippen LogP contribution < -0.4 is 5.32 Å². The molecule has 0 heterocycles. The largest absolute Gasteiger partial charge is 0.466 e. The molecule has 110 valence electrons. The zero-order valence-electron chi connectivity index (χ0n) is 11.1. The number of hydrogen-bond donors (Lipinski definition) is 1. The molecule has 0 aliphatic heterocycles. The Bertz CT molecular complexity index is 650. The first-order valence-electron chi connectivity index (χ1n) is 5.47. The molecule has 0 aliphatic carbocycles. The molecule has 0 aliphatic rings. The second kappa shape index (κ2) is 7.00. The average Bonchev–Trinajstić information content (AvgIpc) is 2.48. The molecule has 0 atom stereocenters. The van der Waals surface area contributed by atoms with Gasteiger partial charge in [-0.3, -0.25) is 0 Å². The van der Waals surface area contributed by atoms with Crippen molar-refractivity contribution in [3.05, 3.63) is 41.1 Å². The minimum Gasteiger partial charge on any atom is -0.466 e. The molecule has 0 saturated carbocycles. The summed E-state index contributed by atoms with van der Waals surface area (Å²) in [6.45, 7) is 0. The third-order valence-electron chi connectivity index (χ3n) is 2.32. The van der Waals surface area contributed by atoms with Gasteiger partial charge in [0.05, 0.1) is 31.5 Å². The van der Waals surface area contributed by atoms with Crippen molar-refractivity contribution >= 4 is 17.6 Å². The van der Waals surface area contributed by atoms with Crippen LogP contribution in [0.15, 0.2) is 23.9 Å². The van der Waals surface area contributed by atoms with Gasteiger partial charge >= 0.3 is 11.9 Å². The fraction of sp³-hybridized carbons (Fsp3) is 0.154. The molecule has 0 bridgehead atoms. The zero-order chi connectivity index (χ0) is 16.0. The number of nitriles is 1. The van der Waals surface area contributed by atoms with Crippen LogP contribution in [0.5, 0.6) is 0 Å². The SMILES string of the molecule is COC(=O)/C=C(/Nc1cc(F)c(C#N)cc1F)C(=O)OC. The van der Waals surface area contributed by atoms with E-state index in [2.05, 4.69) is 14.8 Å². The van der Waals surface area contributed by atoms with Gasteiger partial charge in [0.1, 0.15) is 23.4 Å². The van der Waals surface area contributed by atoms with Gasteiger partial charge in [-0.2, -0.15) is 5.26 Å². The van der Waals surface area contributed by atoms with Crippen LogP contribution in [0.4, 0.5) is 14.5 Å². The standard InChI is InChI=1S/C13H10F2N2O4/c1-20-12(18)5-11(13(19)21-2)17-10-4-8(14)7(6-16)3-9(10)15/h3-5,17H,1-2H3/b11-5+. The summed E-state index contributed by atoms with van der Waals surface area (Å²) in [4.78, 5) is 22.6. The molecule has 0 saturated heterocycles. The van der Waals surface area contributed by atoms with Crippen LogP contribution in [-0.4, -0.2) is 26.2 Å². The van der Waals surface area contributed by atoms with Gasteiger partial charge in [-0.25, -0.2) is 18.4 Å². The predicted octanol–water partition coefficient (Wildman–Crippen LogP) is 1.48. The van der Waals surface area contributed by atoms with E-state index < -0.39 is 40.5 Å². The zero-order valence-corrected chi connectivity index (χ0v) is 11.1. The molecule has 21 heavy (non-hydrogen) atoms. The smallest absolute Gasteiger partial charge is 0.354 e. The Morgan fingerprint density at radius 1 is 1.24 bits per heavy atom. The predicted molar refractivity (Wildman–Crippen MR) is 66.8 cm³/mol. The lowest BCUT2D eigenvalue weighted by Crippen LogP contribution is -2.16. The maximum absolute atomic E-state index is 13.7. The maximum atomic E-state index is 13.7. The highest BCUT2D eigenvalue weighted by molar-refractivity contribution is 5.98. The van der Waals surface area contributed by atoms with Crippen LogP contribution >= 0.6 is 0 Å². The summed E-state index contributed by atoms with van der Waals surface area (Å²) >= 11 is 0. The van der Waals surface area contributed by atoms with E-state index in [9.17, 15) is 18.4 Å². The molecule has 0 spiro atoms. The molecule has 0 unspecified atom stereocenters. The molecule has 6 nitrogen and oxygen atoms in total. The molecule has 0 fully saturated rings. The molecule has 0 aromatic heterocycles. The van der Waals surface area contributed by atoms with Crippen molar-refractivity contribution < 1.29 is 27.8 Å². The summed E-state index contributed by atoms with van der Waals surface area (Å²) in [5.74, 6) is -3.83. The van der Waals surface area contributed by atoms with Crippen LogP contribution in [0.1, 0.15) is 5.56 Å². The monoisotopic (exact) mass is 296 g/mol. The van der Waals surface area contributed by atoms with E-state index >= 15 is 0 Å². The third-order valence-corrected chi connectivity index (χ3v) is 2.32. The Kier molecular flexibility index (Phi) is 5.37. The normalized spacial score (nSPS) is 10.5. The van der Waals surface area contributed by atoms with Gasteiger partial charge in [-0.1, -0.05) is 0 Å². The van der Waals surface area contributed by atoms with Gasteiger partial charge in [0.2, 0.25) is 0 Å². The highest BCUT2D eigenvalue weighted by atomic mass is 19.1. The number of methoxy groups -OCH3 is 2. The van der Waals surface area contributed by atoms with E-state index in [0.29, 0.717) is 12.1 Å². The Labute approximate surface area is 118 Å². The van der Waals surface area contributed by atoms with Gasteiger partial charge in [-0.15, -0.1) is 0 Å². The van der Waals surface area contributed by atoms with Crippen molar-refractivity contribution in [2.24, 2.45) is 0 Å². The van der Waals surface area contributed by atoms with Crippen molar-refractivity contribution in [1.29, 1.82) is 5.26 Å². The van der Waals surface area contributed by atoms with Crippen molar-refractivity contribution in [3.63, 3.8) is 0 Å². The van der Waals surface area contributed by atoms with Crippen LogP contribution in [0.3, 0.4) is 0 Å². The second-order valence-corrected chi connectivity index (χ2v) is 3.62. The number of benzene rings is 1. The molecule has 1 aromatic carbocycles. The summed E-state index contributed by atoms with van der Waals surface area (Å²) in [7, 11) is 2.13. The van der Waals surface area contributed by atoms with E-state index in [0.717, 1.165) is 20.3 Å². The quantitative estimate of drug-likeness (QED) is 0.668. The van der Waals surface area contributed by atoms with E-state index in [1.54, 1.807) is 0 Å². The summed E-state index contributed by atoms with van der Waals surface area (Å²) in [6, 6.07) is 2.81. The summed E-state index contributed by atoms with van der Waals surface area (Å²) < 4.78 is 35.9. The van der Waals surface area contributed by atoms with Crippen molar-refractivity contribution in [2.75, 3.05) is 19.5 Å². The van der Waals surface area contributed by atoms with Gasteiger partial charge in [0.15, 0.2) is 0 Å². The number of esters is 2. The fourth-order valence-electron chi connectivity index (χ4n) is 1.31. The van der Waals surface area contributed by atoms with Gasteiger partial charge in [0.25, 0.3) is 0 Å². The number of rotatable bonds is 4. The van der Waals surface area contributed by atoms with Crippen molar-refractivity contribution in [1.82, 2.24) is 0 Å². The van der Waals surface area contributed by atoms with Crippen molar-refractivity contribution in [2.45, 2.75) is 0 Å². The van der Waals surface area contributed by atoms with E-state index in [1.165, 1.54) is 6.07 Å². The summed E-state index contributed by atoms with van der Waals surface area (Å²) in [5, 5.41) is 10.8. The van der Waals surface area contributed by atoms with E-state index in [1.807, 2.05) is 0 Å². The average molecular weight is 296 g/mol. The first-order valence-corrected chi connectivity index (χ1v) is 5.47. The van der Waals surface area contributed by atoms with Crippen LogP contribution in [-0.2, 0) is 19.1 Å². The molecule has 1 aromatic rings. The molecule has 1 rings (SSSR count). The molecule has 0 amide bonds. The lowest BCUT2D eigenvalue weighted by molar-refractivity contribution is -0.138. The Morgan fingerprint density at radius 2 is 1.90 bits per heavy atom. The van der Waals surface area contributed by atoms with Gasteiger partial charge in [-0.05, 0) is 6.07 Å². The minimum atomic E-state index is -0.983. The lowest BCUT2D eigenvalue weighted by atomic mass is 10.2. The fourth-order valence-corrected chi connectivity index (χ4v) is 1.31. The van der Waals surface area contributed by atoms with Crippen LogP contribution in [0, 0.1) is 23.0 Å². The number of nitrogens with zero attached hydrogens (tertiary/aromatic N) is 1. The third kappa shape index (κ3) is 4.01. The van der Waals surface area contributed by atoms with Gasteiger partial charge in [0, 0.05) is 6.07 Å². The van der Waals surface area contributed by atoms with E-state index in [-0.39, 0.29) is 0 Å². The lowest BCUT2D eigenvalue weighted by Gasteiger charge is -2.10. The molecular weight excluding hydrogens is 286 g/mol. The number of ether oxygens (including phenoxy) is 2. The Morgan fingerprint density at radius 3 is 2.43 bits per heavy atom. The first kappa shape index (κ1) is 16.1. The van der Waals surface area contributed by atoms with Crippen molar-refractivity contribution in [3.8, 4) is 6.07 Å². The van der Waals surface area contributed by atoms with E-state index in [4.69, 9.17) is 5.26 Å². The molecule has 8 heteroatoms. The number of hydrogen-bond acceptors (Lipinski definition) is 6. The highest BCUT2D eigenvalue weighted by Gasteiger charge is 2.16.